The number of amides is 1. The van der Waals surface area contributed by atoms with Crippen LogP contribution in [-0.2, 0) is 32.7 Å². The molecule has 0 aliphatic carbocycles. The van der Waals surface area contributed by atoms with Gasteiger partial charge in [0.05, 0.1) is 6.61 Å². The molecule has 1 aromatic heterocycles. The van der Waals surface area contributed by atoms with Gasteiger partial charge in [-0.3, -0.25) is 23.2 Å². The van der Waals surface area contributed by atoms with Gasteiger partial charge >= 0.3 is 19.5 Å². The fraction of sp³-hybridized carbons (Fsp3) is 0.647. The molecule has 1 aromatic rings. The third kappa shape index (κ3) is 5.13. The van der Waals surface area contributed by atoms with Crippen LogP contribution in [0.25, 0.3) is 0 Å². The van der Waals surface area contributed by atoms with Crippen molar-refractivity contribution in [2.75, 3.05) is 11.9 Å². The van der Waals surface area contributed by atoms with Crippen LogP contribution in [0.1, 0.15) is 45.8 Å². The number of phosphoric ester groups is 1. The number of fused-ring (bicyclic) bond motifs is 1. The first kappa shape index (κ1) is 22.6. The van der Waals surface area contributed by atoms with Crippen molar-refractivity contribution >= 4 is 25.5 Å². The zero-order valence-corrected chi connectivity index (χ0v) is 17.4. The van der Waals surface area contributed by atoms with Crippen molar-refractivity contribution in [3.05, 3.63) is 22.7 Å². The van der Waals surface area contributed by atoms with Crippen LogP contribution in [0.3, 0.4) is 0 Å². The van der Waals surface area contributed by atoms with Crippen molar-refractivity contribution in [2.24, 2.45) is 0 Å². The summed E-state index contributed by atoms with van der Waals surface area (Å²) in [5, 5.41) is 2.52. The number of hydrogen-bond donors (Lipinski definition) is 2. The summed E-state index contributed by atoms with van der Waals surface area (Å²) in [6.45, 7) is 3.36. The number of anilines is 1. The van der Waals surface area contributed by atoms with Gasteiger partial charge in [-0.05, 0) is 18.9 Å². The van der Waals surface area contributed by atoms with Crippen molar-refractivity contribution < 1.29 is 37.6 Å². The normalized spacial score (nSPS) is 30.5. The van der Waals surface area contributed by atoms with Crippen molar-refractivity contribution in [3.63, 3.8) is 0 Å². The van der Waals surface area contributed by atoms with E-state index >= 15 is 0 Å². The minimum absolute atomic E-state index is 0.0732. The van der Waals surface area contributed by atoms with Crippen LogP contribution in [0.2, 0.25) is 0 Å². The van der Waals surface area contributed by atoms with Gasteiger partial charge in [-0.1, -0.05) is 13.8 Å². The number of nitrogens with zero attached hydrogens (tertiary/aromatic N) is 2. The Morgan fingerprint density at radius 1 is 1.37 bits per heavy atom. The van der Waals surface area contributed by atoms with E-state index in [-0.39, 0.29) is 31.2 Å². The fourth-order valence-corrected chi connectivity index (χ4v) is 4.15. The molecule has 2 fully saturated rings. The maximum absolute atomic E-state index is 12.6. The Hall–Kier alpha value is -2.11. The number of hydrogen-bond acceptors (Lipinski definition) is 9. The molecule has 5 atom stereocenters. The van der Waals surface area contributed by atoms with E-state index in [4.69, 9.17) is 18.5 Å². The quantitative estimate of drug-likeness (QED) is 0.460. The second kappa shape index (κ2) is 9.36. The van der Waals surface area contributed by atoms with Crippen LogP contribution in [0.15, 0.2) is 17.1 Å². The topological polar surface area (TPSA) is 155 Å². The van der Waals surface area contributed by atoms with Crippen LogP contribution in [0.5, 0.6) is 0 Å². The molecule has 3 heterocycles. The van der Waals surface area contributed by atoms with E-state index in [1.165, 1.54) is 12.3 Å². The maximum atomic E-state index is 12.6. The largest absolute Gasteiger partial charge is 0.472 e. The van der Waals surface area contributed by atoms with Gasteiger partial charge < -0.3 is 19.7 Å². The molecule has 1 amide bonds. The van der Waals surface area contributed by atoms with E-state index in [0.29, 0.717) is 12.8 Å². The standard InChI is InChI=1S/C17H24N3O9P/c1-3-5-12(21)18-11-7-8-20(17(23)19-11)16-15(28-13(22)6-4-2)14-10(27-16)9-26-30(24,25)29-14/h7-8,10,14-16H,3-6,9H2,1-2H3,(H,24,25)(H,18,19,21,23)/t10-,14-,15-,16-/m1/s1. The summed E-state index contributed by atoms with van der Waals surface area (Å²) in [7, 11) is -4.34. The number of phosphoric acid groups is 1. The van der Waals surface area contributed by atoms with Gasteiger partial charge in [-0.25, -0.2) is 9.36 Å². The predicted molar refractivity (Wildman–Crippen MR) is 101 cm³/mol. The Bertz CT molecular complexity index is 905. The molecule has 30 heavy (non-hydrogen) atoms. The fourth-order valence-electron chi connectivity index (χ4n) is 3.19. The van der Waals surface area contributed by atoms with Crippen LogP contribution in [-0.4, -0.2) is 51.2 Å². The van der Waals surface area contributed by atoms with E-state index in [0.717, 1.165) is 4.57 Å². The second-order valence-corrected chi connectivity index (χ2v) is 8.31. The highest BCUT2D eigenvalue weighted by atomic mass is 31.2. The van der Waals surface area contributed by atoms with E-state index in [2.05, 4.69) is 10.3 Å². The molecule has 2 aliphatic heterocycles. The summed E-state index contributed by atoms with van der Waals surface area (Å²) in [6, 6.07) is 1.40. The minimum Gasteiger partial charge on any atom is -0.455 e. The first-order valence-electron chi connectivity index (χ1n) is 9.63. The monoisotopic (exact) mass is 445 g/mol. The number of ether oxygens (including phenoxy) is 2. The Labute approximate surface area is 172 Å². The van der Waals surface area contributed by atoms with Crippen LogP contribution in [0.4, 0.5) is 5.82 Å². The SMILES string of the molecule is CCCC(=O)Nc1ccn([C@@H]2O[C@@H]3COP(=O)(O)O[C@H]3[C@H]2OC(=O)CCC)c(=O)n1. The van der Waals surface area contributed by atoms with Crippen molar-refractivity contribution in [2.45, 2.75) is 64.1 Å². The molecule has 2 saturated heterocycles. The Balaban J connectivity index is 1.86. The molecule has 2 aliphatic rings. The third-order valence-electron chi connectivity index (χ3n) is 4.51. The lowest BCUT2D eigenvalue weighted by molar-refractivity contribution is -0.158. The maximum Gasteiger partial charge on any atom is 0.472 e. The highest BCUT2D eigenvalue weighted by Gasteiger charge is 2.55. The number of nitrogens with one attached hydrogen (secondary N) is 1. The molecule has 12 nitrogen and oxygen atoms in total. The molecule has 0 saturated carbocycles. The lowest BCUT2D eigenvalue weighted by atomic mass is 10.1. The average Bonchev–Trinajstić information content (AvgIpc) is 2.98. The highest BCUT2D eigenvalue weighted by Crippen LogP contribution is 2.52. The average molecular weight is 445 g/mol. The summed E-state index contributed by atoms with van der Waals surface area (Å²) < 4.78 is 33.9. The Kier molecular flexibility index (Phi) is 7.04. The lowest BCUT2D eigenvalue weighted by Crippen LogP contribution is -2.42. The van der Waals surface area contributed by atoms with E-state index in [1.54, 1.807) is 6.92 Å². The lowest BCUT2D eigenvalue weighted by Gasteiger charge is -2.29. The summed E-state index contributed by atoms with van der Waals surface area (Å²) in [5.74, 6) is -0.769. The molecule has 1 unspecified atom stereocenters. The van der Waals surface area contributed by atoms with Crippen molar-refractivity contribution in [3.8, 4) is 0 Å². The van der Waals surface area contributed by atoms with Gasteiger partial charge in [0, 0.05) is 19.0 Å². The Morgan fingerprint density at radius 2 is 2.10 bits per heavy atom. The van der Waals surface area contributed by atoms with Gasteiger partial charge in [0.15, 0.2) is 12.3 Å². The summed E-state index contributed by atoms with van der Waals surface area (Å²) in [4.78, 5) is 49.8. The molecule has 3 rings (SSSR count). The zero-order valence-electron chi connectivity index (χ0n) is 16.6. The highest BCUT2D eigenvalue weighted by molar-refractivity contribution is 7.47. The molecule has 0 radical (unpaired) electrons. The van der Waals surface area contributed by atoms with Gasteiger partial charge in [0.25, 0.3) is 0 Å². The number of rotatable bonds is 7. The first-order valence-corrected chi connectivity index (χ1v) is 11.1. The molecular weight excluding hydrogens is 421 g/mol. The molecule has 166 valence electrons. The van der Waals surface area contributed by atoms with Gasteiger partial charge in [-0.15, -0.1) is 0 Å². The minimum atomic E-state index is -4.34. The van der Waals surface area contributed by atoms with Crippen molar-refractivity contribution in [1.82, 2.24) is 9.55 Å². The smallest absolute Gasteiger partial charge is 0.455 e. The number of esters is 1. The van der Waals surface area contributed by atoms with Gasteiger partial charge in [-0.2, -0.15) is 4.98 Å². The number of carbonyl (C=O) groups excluding carboxylic acids is 2. The predicted octanol–water partition coefficient (Wildman–Crippen LogP) is 1.11. The zero-order chi connectivity index (χ0) is 21.9. The third-order valence-corrected chi connectivity index (χ3v) is 5.50. The van der Waals surface area contributed by atoms with Crippen LogP contribution < -0.4 is 11.0 Å². The van der Waals surface area contributed by atoms with Crippen molar-refractivity contribution in [1.29, 1.82) is 0 Å². The molecule has 0 aromatic carbocycles. The van der Waals surface area contributed by atoms with Gasteiger partial charge in [0.1, 0.15) is 18.0 Å². The van der Waals surface area contributed by atoms with Gasteiger partial charge in [0.2, 0.25) is 5.91 Å². The summed E-state index contributed by atoms with van der Waals surface area (Å²) in [5.41, 5.74) is -0.766. The van der Waals surface area contributed by atoms with Crippen LogP contribution >= 0.6 is 7.82 Å². The van der Waals surface area contributed by atoms with E-state index in [1.807, 2.05) is 6.92 Å². The van der Waals surface area contributed by atoms with E-state index < -0.39 is 44.0 Å². The molecule has 13 heteroatoms. The number of aromatic nitrogens is 2. The molecule has 2 N–H and O–H groups in total. The number of carbonyl (C=O) groups is 2. The molecular formula is C17H24N3O9P. The van der Waals surface area contributed by atoms with E-state index in [9.17, 15) is 23.8 Å². The summed E-state index contributed by atoms with van der Waals surface area (Å²) >= 11 is 0. The van der Waals surface area contributed by atoms with Crippen LogP contribution in [0, 0.1) is 0 Å². The molecule has 0 spiro atoms. The Morgan fingerprint density at radius 3 is 2.77 bits per heavy atom. The summed E-state index contributed by atoms with van der Waals surface area (Å²) in [6.07, 6.45) is -1.35. The second-order valence-electron chi connectivity index (χ2n) is 6.90. The first-order chi connectivity index (χ1) is 14.2. The molecule has 0 bridgehead atoms.